The van der Waals surface area contributed by atoms with Crippen LogP contribution >= 0.6 is 11.3 Å². The molecule has 0 aliphatic rings. The summed E-state index contributed by atoms with van der Waals surface area (Å²) in [6, 6.07) is 15.3. The molecule has 0 nitrogen and oxygen atoms in total. The van der Waals surface area contributed by atoms with Crippen molar-refractivity contribution in [1.82, 2.24) is 0 Å². The van der Waals surface area contributed by atoms with Crippen molar-refractivity contribution in [3.05, 3.63) is 57.8 Å². The van der Waals surface area contributed by atoms with Gasteiger partial charge < -0.3 is 0 Å². The molecule has 1 heteroatoms. The van der Waals surface area contributed by atoms with Gasteiger partial charge in [-0.3, -0.25) is 0 Å². The van der Waals surface area contributed by atoms with Gasteiger partial charge in [0.15, 0.2) is 0 Å². The number of rotatable bonds is 3. The van der Waals surface area contributed by atoms with E-state index in [1.165, 1.54) is 15.3 Å². The highest BCUT2D eigenvalue weighted by molar-refractivity contribution is 7.12. The Morgan fingerprint density at radius 3 is 2.12 bits per heavy atom. The highest BCUT2D eigenvalue weighted by Crippen LogP contribution is 2.37. The average Bonchev–Trinajstić information content (AvgIpc) is 2.80. The lowest BCUT2D eigenvalue weighted by atomic mass is 9.83. The van der Waals surface area contributed by atoms with E-state index >= 15 is 0 Å². The van der Waals surface area contributed by atoms with Crippen LogP contribution in [0.5, 0.6) is 0 Å². The number of hydrogen-bond acceptors (Lipinski definition) is 1. The van der Waals surface area contributed by atoms with Gasteiger partial charge in [0.1, 0.15) is 0 Å². The third kappa shape index (κ3) is 2.44. The molecule has 0 saturated carbocycles. The Bertz CT molecular complexity index is 477. The standard InChI is InChI=1S/C16H20S/c1-12(2)14-10-11-15(17-14)16(3,4)13-8-6-5-7-9-13/h5-12H,1-4H3. The fourth-order valence-corrected chi connectivity index (χ4v) is 3.13. The van der Waals surface area contributed by atoms with Crippen molar-refractivity contribution in [2.45, 2.75) is 39.0 Å². The lowest BCUT2D eigenvalue weighted by molar-refractivity contribution is 0.656. The molecular formula is C16H20S. The van der Waals surface area contributed by atoms with E-state index in [1.54, 1.807) is 0 Å². The molecule has 1 heterocycles. The number of hydrogen-bond donors (Lipinski definition) is 0. The Kier molecular flexibility index (Phi) is 3.39. The first-order chi connectivity index (χ1) is 8.01. The van der Waals surface area contributed by atoms with E-state index in [-0.39, 0.29) is 5.41 Å². The zero-order chi connectivity index (χ0) is 12.5. The lowest BCUT2D eigenvalue weighted by Gasteiger charge is -2.24. The maximum atomic E-state index is 2.30. The van der Waals surface area contributed by atoms with Gasteiger partial charge >= 0.3 is 0 Å². The Morgan fingerprint density at radius 1 is 0.941 bits per heavy atom. The monoisotopic (exact) mass is 244 g/mol. The van der Waals surface area contributed by atoms with Crippen LogP contribution in [-0.4, -0.2) is 0 Å². The van der Waals surface area contributed by atoms with Crippen LogP contribution in [0.1, 0.15) is 48.9 Å². The molecule has 0 spiro atoms. The van der Waals surface area contributed by atoms with E-state index in [0.29, 0.717) is 5.92 Å². The van der Waals surface area contributed by atoms with Crippen molar-refractivity contribution in [2.75, 3.05) is 0 Å². The average molecular weight is 244 g/mol. The minimum absolute atomic E-state index is 0.110. The summed E-state index contributed by atoms with van der Waals surface area (Å²) in [4.78, 5) is 2.93. The summed E-state index contributed by atoms with van der Waals surface area (Å²) in [5.41, 5.74) is 1.50. The zero-order valence-corrected chi connectivity index (χ0v) is 11.8. The summed E-state index contributed by atoms with van der Waals surface area (Å²) in [5, 5.41) is 0. The first-order valence-corrected chi connectivity index (χ1v) is 6.99. The highest BCUT2D eigenvalue weighted by Gasteiger charge is 2.24. The fraction of sp³-hybridized carbons (Fsp3) is 0.375. The van der Waals surface area contributed by atoms with Gasteiger partial charge in [0.25, 0.3) is 0 Å². The summed E-state index contributed by atoms with van der Waals surface area (Å²) < 4.78 is 0. The summed E-state index contributed by atoms with van der Waals surface area (Å²) in [6.07, 6.45) is 0. The second kappa shape index (κ2) is 4.66. The maximum absolute atomic E-state index is 2.30. The molecule has 0 amide bonds. The van der Waals surface area contributed by atoms with Crippen LogP contribution in [0.15, 0.2) is 42.5 Å². The SMILES string of the molecule is CC(C)c1ccc(C(C)(C)c2ccccc2)s1. The van der Waals surface area contributed by atoms with Crippen LogP contribution in [0.3, 0.4) is 0 Å². The maximum Gasteiger partial charge on any atom is 0.0240 e. The first kappa shape index (κ1) is 12.4. The van der Waals surface area contributed by atoms with Crippen LogP contribution in [0, 0.1) is 0 Å². The van der Waals surface area contributed by atoms with Gasteiger partial charge in [0, 0.05) is 15.2 Å². The molecule has 0 unspecified atom stereocenters. The summed E-state index contributed by atoms with van der Waals surface area (Å²) in [5.74, 6) is 0.625. The largest absolute Gasteiger partial charge is 0.144 e. The van der Waals surface area contributed by atoms with Crippen LogP contribution in [-0.2, 0) is 5.41 Å². The molecule has 0 fully saturated rings. The molecule has 0 atom stereocenters. The van der Waals surface area contributed by atoms with E-state index in [0.717, 1.165) is 0 Å². The Morgan fingerprint density at radius 2 is 1.59 bits per heavy atom. The van der Waals surface area contributed by atoms with Crippen molar-refractivity contribution in [2.24, 2.45) is 0 Å². The van der Waals surface area contributed by atoms with Gasteiger partial charge in [-0.25, -0.2) is 0 Å². The zero-order valence-electron chi connectivity index (χ0n) is 11.0. The molecule has 0 bridgehead atoms. The van der Waals surface area contributed by atoms with E-state index < -0.39 is 0 Å². The summed E-state index contributed by atoms with van der Waals surface area (Å²) >= 11 is 1.94. The molecule has 1 aromatic heterocycles. The van der Waals surface area contributed by atoms with E-state index in [9.17, 15) is 0 Å². The predicted octanol–water partition coefficient (Wildman–Crippen LogP) is 5.20. The number of benzene rings is 1. The number of thiophene rings is 1. The highest BCUT2D eigenvalue weighted by atomic mass is 32.1. The molecule has 0 saturated heterocycles. The molecule has 0 radical (unpaired) electrons. The minimum atomic E-state index is 0.110. The molecule has 1 aromatic carbocycles. The molecule has 90 valence electrons. The predicted molar refractivity (Wildman–Crippen MR) is 77.0 cm³/mol. The molecule has 2 aromatic rings. The van der Waals surface area contributed by atoms with Gasteiger partial charge in [-0.15, -0.1) is 11.3 Å². The quantitative estimate of drug-likeness (QED) is 0.696. The van der Waals surface area contributed by atoms with Gasteiger partial charge in [-0.2, -0.15) is 0 Å². The smallest absolute Gasteiger partial charge is 0.0240 e. The van der Waals surface area contributed by atoms with Gasteiger partial charge in [0.05, 0.1) is 0 Å². The van der Waals surface area contributed by atoms with Crippen molar-refractivity contribution in [3.8, 4) is 0 Å². The van der Waals surface area contributed by atoms with Crippen LogP contribution in [0.2, 0.25) is 0 Å². The fourth-order valence-electron chi connectivity index (χ4n) is 2.00. The Balaban J connectivity index is 2.37. The van der Waals surface area contributed by atoms with E-state index in [4.69, 9.17) is 0 Å². The Hall–Kier alpha value is -1.08. The van der Waals surface area contributed by atoms with Gasteiger partial charge in [-0.05, 0) is 23.6 Å². The second-order valence-corrected chi connectivity index (χ2v) is 6.46. The van der Waals surface area contributed by atoms with Crippen molar-refractivity contribution in [1.29, 1.82) is 0 Å². The van der Waals surface area contributed by atoms with Crippen LogP contribution in [0.4, 0.5) is 0 Å². The van der Waals surface area contributed by atoms with E-state index in [2.05, 4.69) is 70.2 Å². The minimum Gasteiger partial charge on any atom is -0.144 e. The third-order valence-electron chi connectivity index (χ3n) is 3.31. The van der Waals surface area contributed by atoms with Gasteiger partial charge in [0.2, 0.25) is 0 Å². The molecule has 0 aliphatic heterocycles. The third-order valence-corrected chi connectivity index (χ3v) is 5.02. The summed E-state index contributed by atoms with van der Waals surface area (Å²) in [6.45, 7) is 9.12. The van der Waals surface area contributed by atoms with Crippen molar-refractivity contribution >= 4 is 11.3 Å². The normalized spacial score (nSPS) is 12.1. The van der Waals surface area contributed by atoms with Crippen molar-refractivity contribution < 1.29 is 0 Å². The Labute approximate surface area is 108 Å². The molecule has 2 rings (SSSR count). The van der Waals surface area contributed by atoms with Crippen molar-refractivity contribution in [3.63, 3.8) is 0 Å². The van der Waals surface area contributed by atoms with Crippen LogP contribution < -0.4 is 0 Å². The molecule has 0 N–H and O–H groups in total. The van der Waals surface area contributed by atoms with Gasteiger partial charge in [-0.1, -0.05) is 58.0 Å². The first-order valence-electron chi connectivity index (χ1n) is 6.17. The summed E-state index contributed by atoms with van der Waals surface area (Å²) in [7, 11) is 0. The lowest BCUT2D eigenvalue weighted by Crippen LogP contribution is -2.16. The molecular weight excluding hydrogens is 224 g/mol. The van der Waals surface area contributed by atoms with E-state index in [1.807, 2.05) is 11.3 Å². The second-order valence-electron chi connectivity index (χ2n) is 5.35. The molecule has 0 aliphatic carbocycles. The molecule has 17 heavy (non-hydrogen) atoms. The topological polar surface area (TPSA) is 0 Å². The van der Waals surface area contributed by atoms with Crippen LogP contribution in [0.25, 0.3) is 0 Å².